The fourth-order valence-corrected chi connectivity index (χ4v) is 2.32. The van der Waals surface area contributed by atoms with Gasteiger partial charge in [-0.25, -0.2) is 4.79 Å². The van der Waals surface area contributed by atoms with Crippen LogP contribution in [0.15, 0.2) is 48.5 Å². The van der Waals surface area contributed by atoms with Crippen LogP contribution >= 0.6 is 0 Å². The molecule has 0 saturated heterocycles. The van der Waals surface area contributed by atoms with Gasteiger partial charge in [0.1, 0.15) is 6.04 Å². The molecule has 0 aliphatic rings. The number of nitrogens with one attached hydrogen (secondary N) is 3. The Morgan fingerprint density at radius 3 is 2.42 bits per heavy atom. The van der Waals surface area contributed by atoms with E-state index in [0.29, 0.717) is 6.54 Å². The number of carbonyl (C=O) groups excluding carboxylic acids is 2. The molecular formula is C19H23N3O2. The average Bonchev–Trinajstić information content (AvgIpc) is 2.56. The second-order valence-corrected chi connectivity index (χ2v) is 5.84. The van der Waals surface area contributed by atoms with E-state index in [0.717, 1.165) is 22.4 Å². The van der Waals surface area contributed by atoms with Crippen molar-refractivity contribution in [1.82, 2.24) is 10.6 Å². The normalized spacial score (nSPS) is 11.5. The number of hydrogen-bond acceptors (Lipinski definition) is 3. The Morgan fingerprint density at radius 1 is 1.04 bits per heavy atom. The first-order valence-corrected chi connectivity index (χ1v) is 7.92. The van der Waals surface area contributed by atoms with Gasteiger partial charge in [0.05, 0.1) is 0 Å². The maximum atomic E-state index is 12.1. The Balaban J connectivity index is 1.83. The highest BCUT2D eigenvalue weighted by atomic mass is 16.2. The van der Waals surface area contributed by atoms with Crippen LogP contribution in [0.3, 0.4) is 0 Å². The standard InChI is InChI=1S/C19H23N3O2/c1-13-9-10-17(14(2)11-13)21-15(3)18(23)22-19(24)20-12-16-7-5-4-6-8-16/h4-11,15,21H,12H2,1-3H3,(H2,20,22,23,24). The number of anilines is 1. The summed E-state index contributed by atoms with van der Waals surface area (Å²) in [6, 6.07) is 14.5. The van der Waals surface area contributed by atoms with Crippen LogP contribution in [0.1, 0.15) is 23.6 Å². The average molecular weight is 325 g/mol. The fourth-order valence-electron chi connectivity index (χ4n) is 2.32. The maximum Gasteiger partial charge on any atom is 0.321 e. The molecule has 0 aliphatic heterocycles. The molecule has 2 rings (SSSR count). The molecular weight excluding hydrogens is 302 g/mol. The van der Waals surface area contributed by atoms with Gasteiger partial charge in [-0.05, 0) is 38.0 Å². The molecule has 1 atom stereocenters. The van der Waals surface area contributed by atoms with Crippen molar-refractivity contribution < 1.29 is 9.59 Å². The maximum absolute atomic E-state index is 12.1. The minimum Gasteiger partial charge on any atom is -0.374 e. The van der Waals surface area contributed by atoms with Crippen LogP contribution in [0, 0.1) is 13.8 Å². The van der Waals surface area contributed by atoms with Crippen molar-refractivity contribution in [3.05, 3.63) is 65.2 Å². The summed E-state index contributed by atoms with van der Waals surface area (Å²) in [5, 5.41) is 8.14. The van der Waals surface area contributed by atoms with Crippen LogP contribution in [0.25, 0.3) is 0 Å². The molecule has 0 radical (unpaired) electrons. The first-order chi connectivity index (χ1) is 11.5. The third-order valence-electron chi connectivity index (χ3n) is 3.68. The molecule has 126 valence electrons. The van der Waals surface area contributed by atoms with Crippen LogP contribution < -0.4 is 16.0 Å². The van der Waals surface area contributed by atoms with Crippen molar-refractivity contribution >= 4 is 17.6 Å². The third-order valence-corrected chi connectivity index (χ3v) is 3.68. The lowest BCUT2D eigenvalue weighted by molar-refractivity contribution is -0.120. The van der Waals surface area contributed by atoms with Crippen LogP contribution in [0.2, 0.25) is 0 Å². The molecule has 5 nitrogen and oxygen atoms in total. The smallest absolute Gasteiger partial charge is 0.321 e. The van der Waals surface area contributed by atoms with Crippen molar-refractivity contribution in [3.63, 3.8) is 0 Å². The lowest BCUT2D eigenvalue weighted by atomic mass is 10.1. The first-order valence-electron chi connectivity index (χ1n) is 7.92. The van der Waals surface area contributed by atoms with E-state index in [2.05, 4.69) is 16.0 Å². The van der Waals surface area contributed by atoms with E-state index in [1.165, 1.54) is 0 Å². The lowest BCUT2D eigenvalue weighted by Gasteiger charge is -2.17. The van der Waals surface area contributed by atoms with E-state index in [9.17, 15) is 9.59 Å². The molecule has 0 saturated carbocycles. The molecule has 0 aromatic heterocycles. The molecule has 3 N–H and O–H groups in total. The predicted octanol–water partition coefficient (Wildman–Crippen LogP) is 3.13. The number of aryl methyl sites for hydroxylation is 2. The van der Waals surface area contributed by atoms with E-state index in [1.807, 2.05) is 62.4 Å². The number of hydrogen-bond donors (Lipinski definition) is 3. The SMILES string of the molecule is Cc1ccc(NC(C)C(=O)NC(=O)NCc2ccccc2)c(C)c1. The van der Waals surface area contributed by atoms with Gasteiger partial charge in [0.25, 0.3) is 0 Å². The first kappa shape index (κ1) is 17.5. The molecule has 1 unspecified atom stereocenters. The van der Waals surface area contributed by atoms with E-state index < -0.39 is 12.1 Å². The zero-order chi connectivity index (χ0) is 17.5. The van der Waals surface area contributed by atoms with Crippen molar-refractivity contribution in [2.45, 2.75) is 33.4 Å². The van der Waals surface area contributed by atoms with Crippen molar-refractivity contribution in [1.29, 1.82) is 0 Å². The zero-order valence-electron chi connectivity index (χ0n) is 14.2. The Hall–Kier alpha value is -2.82. The summed E-state index contributed by atoms with van der Waals surface area (Å²) >= 11 is 0. The Bertz CT molecular complexity index is 714. The van der Waals surface area contributed by atoms with Crippen molar-refractivity contribution in [2.75, 3.05) is 5.32 Å². The highest BCUT2D eigenvalue weighted by Gasteiger charge is 2.16. The van der Waals surface area contributed by atoms with Gasteiger partial charge in [-0.15, -0.1) is 0 Å². The number of imide groups is 1. The number of rotatable bonds is 5. The molecule has 5 heteroatoms. The largest absolute Gasteiger partial charge is 0.374 e. The highest BCUT2D eigenvalue weighted by molar-refractivity contribution is 5.98. The van der Waals surface area contributed by atoms with Crippen LogP contribution in [0.4, 0.5) is 10.5 Å². The molecule has 24 heavy (non-hydrogen) atoms. The van der Waals surface area contributed by atoms with Gasteiger partial charge < -0.3 is 10.6 Å². The number of amides is 3. The molecule has 0 heterocycles. The zero-order valence-corrected chi connectivity index (χ0v) is 14.2. The summed E-state index contributed by atoms with van der Waals surface area (Å²) in [4.78, 5) is 23.9. The van der Waals surface area contributed by atoms with Gasteiger partial charge in [0.2, 0.25) is 5.91 Å². The van der Waals surface area contributed by atoms with Gasteiger partial charge >= 0.3 is 6.03 Å². The monoisotopic (exact) mass is 325 g/mol. The quantitative estimate of drug-likeness (QED) is 0.791. The van der Waals surface area contributed by atoms with Gasteiger partial charge in [0, 0.05) is 12.2 Å². The van der Waals surface area contributed by atoms with Gasteiger partial charge in [-0.2, -0.15) is 0 Å². The summed E-state index contributed by atoms with van der Waals surface area (Å²) in [5.41, 5.74) is 4.08. The minimum absolute atomic E-state index is 0.374. The minimum atomic E-state index is -0.520. The second kappa shape index (κ2) is 8.15. The van der Waals surface area contributed by atoms with Gasteiger partial charge in [0.15, 0.2) is 0 Å². The molecule has 0 spiro atoms. The van der Waals surface area contributed by atoms with E-state index in [1.54, 1.807) is 6.92 Å². The Morgan fingerprint density at radius 2 is 1.75 bits per heavy atom. The third kappa shape index (κ3) is 5.12. The second-order valence-electron chi connectivity index (χ2n) is 5.84. The molecule has 0 fully saturated rings. The predicted molar refractivity (Wildman–Crippen MR) is 95.8 cm³/mol. The molecule has 2 aromatic rings. The number of urea groups is 1. The molecule has 3 amide bonds. The Kier molecular flexibility index (Phi) is 5.95. The topological polar surface area (TPSA) is 70.2 Å². The van der Waals surface area contributed by atoms with Gasteiger partial charge in [-0.3, -0.25) is 10.1 Å². The van der Waals surface area contributed by atoms with Crippen LogP contribution in [-0.4, -0.2) is 18.0 Å². The summed E-state index contributed by atoms with van der Waals surface area (Å²) < 4.78 is 0. The summed E-state index contributed by atoms with van der Waals surface area (Å²) in [6.45, 7) is 6.09. The van der Waals surface area contributed by atoms with Crippen LogP contribution in [0.5, 0.6) is 0 Å². The molecule has 2 aromatic carbocycles. The summed E-state index contributed by atoms with van der Waals surface area (Å²) in [6.07, 6.45) is 0. The van der Waals surface area contributed by atoms with Gasteiger partial charge in [-0.1, -0.05) is 48.0 Å². The highest BCUT2D eigenvalue weighted by Crippen LogP contribution is 2.16. The van der Waals surface area contributed by atoms with Crippen molar-refractivity contribution in [3.8, 4) is 0 Å². The number of carbonyl (C=O) groups is 2. The van der Waals surface area contributed by atoms with Crippen molar-refractivity contribution in [2.24, 2.45) is 0 Å². The molecule has 0 bridgehead atoms. The Labute approximate surface area is 142 Å². The molecule has 0 aliphatic carbocycles. The number of benzene rings is 2. The lowest BCUT2D eigenvalue weighted by Crippen LogP contribution is -2.45. The van der Waals surface area contributed by atoms with E-state index >= 15 is 0 Å². The summed E-state index contributed by atoms with van der Waals surface area (Å²) in [7, 11) is 0. The fraction of sp³-hybridized carbons (Fsp3) is 0.263. The van der Waals surface area contributed by atoms with E-state index in [-0.39, 0.29) is 5.91 Å². The summed E-state index contributed by atoms with van der Waals surface area (Å²) in [5.74, 6) is -0.375. The van der Waals surface area contributed by atoms with Crippen LogP contribution in [-0.2, 0) is 11.3 Å². The van der Waals surface area contributed by atoms with E-state index in [4.69, 9.17) is 0 Å².